The Morgan fingerprint density at radius 2 is 1.44 bits per heavy atom. The van der Waals surface area contributed by atoms with Crippen LogP contribution in [0.2, 0.25) is 5.02 Å². The van der Waals surface area contributed by atoms with E-state index >= 15 is 0 Å². The molecule has 1 heterocycles. The number of thioether (sulfide) groups is 1. The minimum Gasteiger partial charge on any atom is -0.378 e. The molecule has 0 saturated carbocycles. The van der Waals surface area contributed by atoms with Crippen molar-refractivity contribution in [2.75, 3.05) is 48.4 Å². The average Bonchev–Trinajstić information content (AvgIpc) is 3.15. The van der Waals surface area contributed by atoms with Crippen LogP contribution >= 0.6 is 23.4 Å². The van der Waals surface area contributed by atoms with Gasteiger partial charge in [-0.1, -0.05) is 66.2 Å². The molecule has 9 nitrogen and oxygen atoms in total. The van der Waals surface area contributed by atoms with E-state index in [1.807, 2.05) is 86.6 Å². The number of hydrogen-bond donors (Lipinski definition) is 2. The summed E-state index contributed by atoms with van der Waals surface area (Å²) < 4.78 is 54.5. The molecule has 0 aliphatic carbocycles. The molecule has 282 valence electrons. The van der Waals surface area contributed by atoms with Crippen molar-refractivity contribution >= 4 is 60.5 Å². The van der Waals surface area contributed by atoms with E-state index < -0.39 is 31.3 Å². The number of nitrogens with zero attached hydrogens (tertiary/aromatic N) is 2. The summed E-state index contributed by atoms with van der Waals surface area (Å²) in [7, 11) is -8.24. The first kappa shape index (κ1) is 39.4. The molecule has 1 saturated heterocycles. The molecule has 1 aliphatic rings. The van der Waals surface area contributed by atoms with Gasteiger partial charge in [0.15, 0.2) is 9.84 Å². The van der Waals surface area contributed by atoms with Gasteiger partial charge in [0.2, 0.25) is 0 Å². The number of hydrogen-bond acceptors (Lipinski definition) is 9. The van der Waals surface area contributed by atoms with E-state index in [1.54, 1.807) is 23.9 Å². The molecule has 1 aliphatic heterocycles. The maximum absolute atomic E-state index is 13.4. The van der Waals surface area contributed by atoms with E-state index in [-0.39, 0.29) is 21.0 Å². The van der Waals surface area contributed by atoms with Crippen LogP contribution in [0.1, 0.15) is 29.8 Å². The molecule has 2 N–H and O–H groups in total. The largest absolute Gasteiger partial charge is 0.378 e. The summed E-state index contributed by atoms with van der Waals surface area (Å²) in [5, 5.41) is 3.98. The SMILES string of the molecule is CC(C)(CSc1ccccc1)Nc1ccc(S(=O)(=O)NC(=O)c2ccc(N3CCN(Cc4ccccc4-c4ccc(Cl)cc4)CC3)cc2)cc1S(C)(=O)=O. The zero-order chi connectivity index (χ0) is 38.5. The first-order valence-corrected chi connectivity index (χ1v) is 22.2. The fourth-order valence-electron chi connectivity index (χ4n) is 6.30. The summed E-state index contributed by atoms with van der Waals surface area (Å²) in [6.07, 6.45) is 1.03. The summed E-state index contributed by atoms with van der Waals surface area (Å²) in [6, 6.07) is 36.8. The third kappa shape index (κ3) is 10.0. The number of carbonyl (C=O) groups excluding carboxylic acids is 1. The van der Waals surface area contributed by atoms with E-state index in [0.29, 0.717) is 10.8 Å². The smallest absolute Gasteiger partial charge is 0.264 e. The first-order valence-electron chi connectivity index (χ1n) is 17.5. The zero-order valence-electron chi connectivity index (χ0n) is 30.3. The second-order valence-corrected chi connectivity index (χ2v) is 19.1. The number of amides is 1. The number of halogens is 1. The molecule has 0 radical (unpaired) electrons. The van der Waals surface area contributed by atoms with Gasteiger partial charge in [-0.15, -0.1) is 11.8 Å². The summed E-state index contributed by atoms with van der Waals surface area (Å²) in [4.78, 5) is 18.4. The fraction of sp³-hybridized carbons (Fsp3) is 0.244. The second kappa shape index (κ2) is 16.6. The Hall–Kier alpha value is -4.33. The highest BCUT2D eigenvalue weighted by atomic mass is 35.5. The molecule has 0 spiro atoms. The number of sulfone groups is 1. The van der Waals surface area contributed by atoms with Gasteiger partial charge in [-0.2, -0.15) is 0 Å². The quantitative estimate of drug-likeness (QED) is 0.115. The molecule has 0 aromatic heterocycles. The lowest BCUT2D eigenvalue weighted by Crippen LogP contribution is -2.46. The van der Waals surface area contributed by atoms with Crippen LogP contribution in [-0.2, 0) is 26.4 Å². The lowest BCUT2D eigenvalue weighted by molar-refractivity contribution is 0.0981. The fourth-order valence-corrected chi connectivity index (χ4v) is 9.31. The summed E-state index contributed by atoms with van der Waals surface area (Å²) in [5.74, 6) is -0.195. The van der Waals surface area contributed by atoms with Gasteiger partial charge < -0.3 is 10.2 Å². The third-order valence-corrected chi connectivity index (χ3v) is 13.3. The number of sulfonamides is 1. The molecule has 5 aromatic carbocycles. The van der Waals surface area contributed by atoms with Crippen molar-refractivity contribution < 1.29 is 21.6 Å². The average molecular weight is 803 g/mol. The van der Waals surface area contributed by atoms with Crippen LogP contribution in [0.25, 0.3) is 11.1 Å². The van der Waals surface area contributed by atoms with Crippen molar-refractivity contribution in [2.45, 2.75) is 40.6 Å². The van der Waals surface area contributed by atoms with E-state index in [4.69, 9.17) is 11.6 Å². The standard InChI is InChI=1S/C41H43ClN4O5S3/c1-41(2,29-52-35-10-5-4-6-11-35)43-38-22-21-36(27-39(38)53(3,48)49)54(50,51)44-40(47)31-15-19-34(20-16-31)46-25-23-45(24-26-46)28-32-9-7-8-12-37(32)30-13-17-33(42)18-14-30/h4-22,27,43H,23-26,28-29H2,1-3H3,(H,44,47). The number of anilines is 2. The lowest BCUT2D eigenvalue weighted by atomic mass is 9.99. The van der Waals surface area contributed by atoms with Crippen molar-refractivity contribution in [1.29, 1.82) is 0 Å². The summed E-state index contributed by atoms with van der Waals surface area (Å²) in [6.45, 7) is 7.98. The van der Waals surface area contributed by atoms with Gasteiger partial charge >= 0.3 is 0 Å². The van der Waals surface area contributed by atoms with Crippen molar-refractivity contribution in [1.82, 2.24) is 9.62 Å². The van der Waals surface area contributed by atoms with Crippen LogP contribution < -0.4 is 14.9 Å². The Morgan fingerprint density at radius 3 is 2.11 bits per heavy atom. The second-order valence-electron chi connectivity index (χ2n) is 13.9. The Labute approximate surface area is 327 Å². The highest BCUT2D eigenvalue weighted by Crippen LogP contribution is 2.31. The minimum absolute atomic E-state index is 0.166. The van der Waals surface area contributed by atoms with Gasteiger partial charge in [0.05, 0.1) is 15.5 Å². The molecule has 5 aromatic rings. The molecule has 0 bridgehead atoms. The van der Waals surface area contributed by atoms with E-state index in [0.717, 1.165) is 61.2 Å². The molecule has 0 atom stereocenters. The van der Waals surface area contributed by atoms with Gasteiger partial charge in [0.25, 0.3) is 15.9 Å². The molecule has 6 rings (SSSR count). The van der Waals surface area contributed by atoms with Crippen molar-refractivity contribution in [2.24, 2.45) is 0 Å². The van der Waals surface area contributed by atoms with Gasteiger partial charge in [-0.3, -0.25) is 9.69 Å². The van der Waals surface area contributed by atoms with Gasteiger partial charge in [0, 0.05) is 71.4 Å². The van der Waals surface area contributed by atoms with Crippen molar-refractivity contribution in [3.63, 3.8) is 0 Å². The van der Waals surface area contributed by atoms with Crippen LogP contribution in [0.4, 0.5) is 11.4 Å². The van der Waals surface area contributed by atoms with Gasteiger partial charge in [-0.05, 0) is 97.3 Å². The number of nitrogens with one attached hydrogen (secondary N) is 2. The molecular formula is C41H43ClN4O5S3. The van der Waals surface area contributed by atoms with Crippen LogP contribution in [0.3, 0.4) is 0 Å². The maximum Gasteiger partial charge on any atom is 0.264 e. The van der Waals surface area contributed by atoms with E-state index in [2.05, 4.69) is 38.0 Å². The number of piperazine rings is 1. The number of benzene rings is 5. The Kier molecular flexibility index (Phi) is 12.1. The van der Waals surface area contributed by atoms with Crippen molar-refractivity contribution in [3.05, 3.63) is 137 Å². The lowest BCUT2D eigenvalue weighted by Gasteiger charge is -2.36. The zero-order valence-corrected chi connectivity index (χ0v) is 33.5. The van der Waals surface area contributed by atoms with E-state index in [1.165, 1.54) is 23.3 Å². The van der Waals surface area contributed by atoms with Gasteiger partial charge in [0.1, 0.15) is 0 Å². The van der Waals surface area contributed by atoms with E-state index in [9.17, 15) is 21.6 Å². The summed E-state index contributed by atoms with van der Waals surface area (Å²) in [5.41, 5.74) is 4.39. The Morgan fingerprint density at radius 1 is 0.796 bits per heavy atom. The monoisotopic (exact) mass is 802 g/mol. The molecular weight excluding hydrogens is 760 g/mol. The molecule has 1 fully saturated rings. The predicted octanol–water partition coefficient (Wildman–Crippen LogP) is 7.83. The highest BCUT2D eigenvalue weighted by molar-refractivity contribution is 7.99. The first-order chi connectivity index (χ1) is 25.7. The minimum atomic E-state index is -4.40. The summed E-state index contributed by atoms with van der Waals surface area (Å²) >= 11 is 7.73. The molecule has 1 amide bonds. The molecule has 13 heteroatoms. The normalized spacial score (nSPS) is 14.1. The number of carbonyl (C=O) groups is 1. The molecule has 0 unspecified atom stereocenters. The van der Waals surface area contributed by atoms with Crippen molar-refractivity contribution in [3.8, 4) is 11.1 Å². The van der Waals surface area contributed by atoms with Crippen LogP contribution in [0.5, 0.6) is 0 Å². The topological polar surface area (TPSA) is 116 Å². The third-order valence-electron chi connectivity index (χ3n) is 9.14. The Balaban J connectivity index is 1.07. The highest BCUT2D eigenvalue weighted by Gasteiger charge is 2.27. The number of rotatable bonds is 13. The maximum atomic E-state index is 13.4. The molecule has 54 heavy (non-hydrogen) atoms. The van der Waals surface area contributed by atoms with Crippen LogP contribution in [0.15, 0.2) is 136 Å². The van der Waals surface area contributed by atoms with Crippen LogP contribution in [0, 0.1) is 0 Å². The van der Waals surface area contributed by atoms with Crippen LogP contribution in [-0.4, -0.2) is 71.4 Å². The Bertz CT molecular complexity index is 2310. The van der Waals surface area contributed by atoms with Gasteiger partial charge in [-0.25, -0.2) is 21.6 Å². The predicted molar refractivity (Wildman–Crippen MR) is 220 cm³/mol.